The lowest BCUT2D eigenvalue weighted by atomic mass is 10.2. The summed E-state index contributed by atoms with van der Waals surface area (Å²) in [5.41, 5.74) is 0.923. The Bertz CT molecular complexity index is 544. The van der Waals surface area contributed by atoms with Gasteiger partial charge in [0.15, 0.2) is 0 Å². The van der Waals surface area contributed by atoms with Gasteiger partial charge < -0.3 is 10.0 Å². The molecule has 2 aromatic rings. The fourth-order valence-corrected chi connectivity index (χ4v) is 3.17. The molecular weight excluding hydrogens is 240 g/mol. The summed E-state index contributed by atoms with van der Waals surface area (Å²) in [6.07, 6.45) is 3.44. The first-order valence-electron chi connectivity index (χ1n) is 5.47. The van der Waals surface area contributed by atoms with Gasteiger partial charge in [-0.2, -0.15) is 0 Å². The molecule has 1 atom stereocenters. The summed E-state index contributed by atoms with van der Waals surface area (Å²) < 4.78 is 1.71. The van der Waals surface area contributed by atoms with Gasteiger partial charge in [0, 0.05) is 6.54 Å². The van der Waals surface area contributed by atoms with Crippen molar-refractivity contribution in [3.63, 3.8) is 0 Å². The molecule has 1 aliphatic heterocycles. The zero-order valence-electron chi connectivity index (χ0n) is 9.33. The van der Waals surface area contributed by atoms with Crippen molar-refractivity contribution in [3.05, 3.63) is 11.9 Å². The Morgan fingerprint density at radius 3 is 3.18 bits per heavy atom. The predicted octanol–water partition coefficient (Wildman–Crippen LogP) is 1.15. The number of aryl methyl sites for hydroxylation is 1. The fraction of sp³-hybridized carbons (Fsp3) is 0.500. The number of hydrogen-bond donors (Lipinski definition) is 1. The van der Waals surface area contributed by atoms with Crippen molar-refractivity contribution < 1.29 is 9.90 Å². The largest absolute Gasteiger partial charge is 0.480 e. The van der Waals surface area contributed by atoms with Crippen LogP contribution in [0.2, 0.25) is 0 Å². The van der Waals surface area contributed by atoms with E-state index < -0.39 is 12.0 Å². The van der Waals surface area contributed by atoms with Crippen LogP contribution in [0, 0.1) is 6.92 Å². The summed E-state index contributed by atoms with van der Waals surface area (Å²) in [5.74, 6) is -0.772. The zero-order valence-corrected chi connectivity index (χ0v) is 10.1. The monoisotopic (exact) mass is 252 g/mol. The van der Waals surface area contributed by atoms with E-state index in [0.717, 1.165) is 28.8 Å². The van der Waals surface area contributed by atoms with Crippen LogP contribution in [0.1, 0.15) is 18.5 Å². The first-order chi connectivity index (χ1) is 8.15. The molecule has 0 amide bonds. The summed E-state index contributed by atoms with van der Waals surface area (Å²) in [5, 5.41) is 14.3. The zero-order chi connectivity index (χ0) is 12.0. The maximum atomic E-state index is 11.1. The van der Waals surface area contributed by atoms with Gasteiger partial charge in [0.05, 0.1) is 11.9 Å². The molecule has 0 radical (unpaired) electrons. The molecule has 0 aromatic carbocycles. The number of carboxylic acid groups (broad SMARTS) is 1. The molecule has 1 unspecified atom stereocenters. The normalized spacial score (nSPS) is 20.3. The van der Waals surface area contributed by atoms with E-state index in [1.165, 1.54) is 11.3 Å². The van der Waals surface area contributed by atoms with Crippen LogP contribution in [0.5, 0.6) is 0 Å². The van der Waals surface area contributed by atoms with Crippen molar-refractivity contribution in [2.75, 3.05) is 11.4 Å². The Hall–Kier alpha value is -1.63. The van der Waals surface area contributed by atoms with Gasteiger partial charge in [0.1, 0.15) is 6.04 Å². The van der Waals surface area contributed by atoms with Crippen molar-refractivity contribution in [2.24, 2.45) is 0 Å². The molecule has 7 heteroatoms. The lowest BCUT2D eigenvalue weighted by Crippen LogP contribution is -2.35. The Labute approximate surface area is 101 Å². The molecule has 0 bridgehead atoms. The van der Waals surface area contributed by atoms with Gasteiger partial charge in [-0.15, -0.1) is 5.10 Å². The number of aliphatic carboxylic acids is 1. The minimum atomic E-state index is -0.772. The first-order valence-corrected chi connectivity index (χ1v) is 6.29. The number of aromatic nitrogens is 3. The van der Waals surface area contributed by atoms with Gasteiger partial charge in [0.25, 0.3) is 0 Å². The van der Waals surface area contributed by atoms with E-state index >= 15 is 0 Å². The van der Waals surface area contributed by atoms with E-state index in [2.05, 4.69) is 10.1 Å². The number of carbonyl (C=O) groups is 1. The highest BCUT2D eigenvalue weighted by molar-refractivity contribution is 7.20. The van der Waals surface area contributed by atoms with Crippen molar-refractivity contribution in [3.8, 4) is 0 Å². The quantitative estimate of drug-likeness (QED) is 0.868. The average molecular weight is 252 g/mol. The van der Waals surface area contributed by atoms with Gasteiger partial charge >= 0.3 is 5.97 Å². The van der Waals surface area contributed by atoms with E-state index in [9.17, 15) is 4.79 Å². The number of carboxylic acids is 1. The molecule has 90 valence electrons. The SMILES string of the molecule is Cc1cn2nc(N3CCCC3C(=O)O)sc2n1. The number of nitrogens with zero attached hydrogens (tertiary/aromatic N) is 4. The molecule has 2 aromatic heterocycles. The van der Waals surface area contributed by atoms with E-state index in [1.807, 2.05) is 18.0 Å². The molecule has 1 saturated heterocycles. The van der Waals surface area contributed by atoms with Gasteiger partial charge in [0.2, 0.25) is 10.1 Å². The highest BCUT2D eigenvalue weighted by Crippen LogP contribution is 2.29. The topological polar surface area (TPSA) is 70.7 Å². The van der Waals surface area contributed by atoms with Crippen LogP contribution in [0.25, 0.3) is 4.96 Å². The molecular formula is C10H12N4O2S. The third kappa shape index (κ3) is 1.66. The molecule has 1 aliphatic rings. The van der Waals surface area contributed by atoms with E-state index in [4.69, 9.17) is 5.11 Å². The van der Waals surface area contributed by atoms with Crippen LogP contribution in [-0.2, 0) is 4.79 Å². The molecule has 0 aliphatic carbocycles. The van der Waals surface area contributed by atoms with Crippen LogP contribution in [0.4, 0.5) is 5.13 Å². The smallest absolute Gasteiger partial charge is 0.326 e. The van der Waals surface area contributed by atoms with Crippen molar-refractivity contribution in [1.82, 2.24) is 14.6 Å². The number of anilines is 1. The third-order valence-electron chi connectivity index (χ3n) is 2.94. The van der Waals surface area contributed by atoms with Gasteiger partial charge in [-0.05, 0) is 19.8 Å². The Morgan fingerprint density at radius 2 is 2.47 bits per heavy atom. The lowest BCUT2D eigenvalue weighted by Gasteiger charge is -2.19. The van der Waals surface area contributed by atoms with Crippen molar-refractivity contribution in [2.45, 2.75) is 25.8 Å². The number of rotatable bonds is 2. The second-order valence-electron chi connectivity index (χ2n) is 4.18. The van der Waals surface area contributed by atoms with Gasteiger partial charge in [-0.3, -0.25) is 0 Å². The second kappa shape index (κ2) is 3.69. The molecule has 3 heterocycles. The lowest BCUT2D eigenvalue weighted by molar-refractivity contribution is -0.138. The number of fused-ring (bicyclic) bond motifs is 1. The average Bonchev–Trinajstić information content (AvgIpc) is 2.87. The molecule has 3 rings (SSSR count). The highest BCUT2D eigenvalue weighted by Gasteiger charge is 2.32. The first kappa shape index (κ1) is 10.5. The molecule has 0 saturated carbocycles. The van der Waals surface area contributed by atoms with E-state index in [0.29, 0.717) is 6.42 Å². The number of hydrogen-bond acceptors (Lipinski definition) is 5. The minimum absolute atomic E-state index is 0.438. The summed E-state index contributed by atoms with van der Waals surface area (Å²) in [7, 11) is 0. The highest BCUT2D eigenvalue weighted by atomic mass is 32.1. The van der Waals surface area contributed by atoms with Crippen LogP contribution < -0.4 is 4.90 Å². The molecule has 0 spiro atoms. The van der Waals surface area contributed by atoms with Crippen LogP contribution in [0.15, 0.2) is 6.20 Å². The van der Waals surface area contributed by atoms with Gasteiger partial charge in [-0.25, -0.2) is 14.3 Å². The molecule has 1 fully saturated rings. The molecule has 6 nitrogen and oxygen atoms in total. The molecule has 17 heavy (non-hydrogen) atoms. The number of imidazole rings is 1. The Morgan fingerprint density at radius 1 is 1.65 bits per heavy atom. The van der Waals surface area contributed by atoms with Crippen molar-refractivity contribution >= 4 is 27.4 Å². The fourth-order valence-electron chi connectivity index (χ4n) is 2.17. The Kier molecular flexibility index (Phi) is 2.29. The van der Waals surface area contributed by atoms with Gasteiger partial charge in [-0.1, -0.05) is 11.3 Å². The summed E-state index contributed by atoms with van der Waals surface area (Å²) in [6, 6.07) is -0.438. The van der Waals surface area contributed by atoms with Crippen LogP contribution in [-0.4, -0.2) is 38.3 Å². The maximum Gasteiger partial charge on any atom is 0.326 e. The standard InChI is InChI=1S/C10H12N4O2S/c1-6-5-14-9(11-6)17-10(12-14)13-4-2-3-7(13)8(15)16/h5,7H,2-4H2,1H3,(H,15,16). The van der Waals surface area contributed by atoms with E-state index in [1.54, 1.807) is 4.52 Å². The molecule has 1 N–H and O–H groups in total. The second-order valence-corrected chi connectivity index (χ2v) is 5.12. The third-order valence-corrected chi connectivity index (χ3v) is 3.90. The van der Waals surface area contributed by atoms with Crippen LogP contribution >= 0.6 is 11.3 Å². The Balaban J connectivity index is 1.97. The van der Waals surface area contributed by atoms with Crippen LogP contribution in [0.3, 0.4) is 0 Å². The minimum Gasteiger partial charge on any atom is -0.480 e. The predicted molar refractivity (Wildman–Crippen MR) is 63.6 cm³/mol. The summed E-state index contributed by atoms with van der Waals surface area (Å²) in [4.78, 5) is 18.1. The summed E-state index contributed by atoms with van der Waals surface area (Å²) in [6.45, 7) is 2.67. The summed E-state index contributed by atoms with van der Waals surface area (Å²) >= 11 is 1.44. The van der Waals surface area contributed by atoms with Crippen molar-refractivity contribution in [1.29, 1.82) is 0 Å². The van der Waals surface area contributed by atoms with E-state index in [-0.39, 0.29) is 0 Å². The maximum absolute atomic E-state index is 11.1.